The number of aliphatic imine (C=N–C) groups is 1. The molecule has 0 atom stereocenters. The van der Waals surface area contributed by atoms with Gasteiger partial charge >= 0.3 is 0 Å². The van der Waals surface area contributed by atoms with Crippen LogP contribution in [0.3, 0.4) is 0 Å². The zero-order valence-electron chi connectivity index (χ0n) is 11.1. The molecule has 0 bridgehead atoms. The van der Waals surface area contributed by atoms with Crippen molar-refractivity contribution in [1.82, 2.24) is 0 Å². The molecule has 98 valence electrons. The van der Waals surface area contributed by atoms with Crippen LogP contribution in [0.15, 0.2) is 35.8 Å². The Kier molecular flexibility index (Phi) is 6.54. The smallest absolute Gasteiger partial charge is 0.120 e. The highest BCUT2D eigenvalue weighted by Crippen LogP contribution is 2.28. The monoisotopic (exact) mass is 265 g/mol. The third-order valence-corrected chi connectivity index (χ3v) is 3.26. The second-order valence-corrected chi connectivity index (χ2v) is 4.92. The van der Waals surface area contributed by atoms with E-state index in [1.165, 1.54) is 0 Å². The van der Waals surface area contributed by atoms with E-state index in [2.05, 4.69) is 11.6 Å². The van der Waals surface area contributed by atoms with Crippen molar-refractivity contribution in [3.8, 4) is 5.75 Å². The Morgan fingerprint density at radius 2 is 2.17 bits per heavy atom. The van der Waals surface area contributed by atoms with Gasteiger partial charge in [-0.25, -0.2) is 0 Å². The molecule has 0 aliphatic heterocycles. The van der Waals surface area contributed by atoms with Crippen LogP contribution in [0.25, 0.3) is 4.91 Å². The molecule has 1 aromatic carbocycles. The molecule has 0 unspecified atom stereocenters. The van der Waals surface area contributed by atoms with Crippen molar-refractivity contribution in [2.24, 2.45) is 4.99 Å². The molecule has 18 heavy (non-hydrogen) atoms. The molecule has 3 nitrogen and oxygen atoms in total. The minimum Gasteiger partial charge on any atom is -0.491 e. The van der Waals surface area contributed by atoms with Gasteiger partial charge in [-0.15, -0.1) is 0 Å². The number of benzene rings is 1. The van der Waals surface area contributed by atoms with E-state index in [0.29, 0.717) is 13.2 Å². The second kappa shape index (κ2) is 7.95. The van der Waals surface area contributed by atoms with Gasteiger partial charge in [-0.2, -0.15) is 0 Å². The number of ether oxygens (including phenoxy) is 2. The fourth-order valence-electron chi connectivity index (χ4n) is 1.29. The molecule has 0 saturated heterocycles. The van der Waals surface area contributed by atoms with Crippen LogP contribution in [0.1, 0.15) is 12.5 Å². The fraction of sp³-hybridized carbons (Fsp3) is 0.357. The normalized spacial score (nSPS) is 11.4. The van der Waals surface area contributed by atoms with E-state index in [1.54, 1.807) is 25.9 Å². The zero-order chi connectivity index (χ0) is 13.4. The first kappa shape index (κ1) is 14.8. The summed E-state index contributed by atoms with van der Waals surface area (Å²) < 4.78 is 10.5. The topological polar surface area (TPSA) is 30.8 Å². The summed E-state index contributed by atoms with van der Waals surface area (Å²) >= 11 is 1.56. The molecule has 0 N–H and O–H groups in total. The van der Waals surface area contributed by atoms with Crippen LogP contribution >= 0.6 is 11.8 Å². The van der Waals surface area contributed by atoms with E-state index in [1.807, 2.05) is 31.2 Å². The Labute approximate surface area is 113 Å². The molecule has 0 radical (unpaired) electrons. The van der Waals surface area contributed by atoms with Crippen LogP contribution in [-0.4, -0.2) is 32.4 Å². The molecular weight excluding hydrogens is 246 g/mol. The Morgan fingerprint density at radius 1 is 1.39 bits per heavy atom. The second-order valence-electron chi connectivity index (χ2n) is 3.64. The summed E-state index contributed by atoms with van der Waals surface area (Å²) in [5.41, 5.74) is 1.05. The molecule has 0 saturated carbocycles. The summed E-state index contributed by atoms with van der Waals surface area (Å²) in [6, 6.07) is 7.88. The average Bonchev–Trinajstić information content (AvgIpc) is 2.39. The van der Waals surface area contributed by atoms with E-state index < -0.39 is 0 Å². The standard InChI is InChI=1S/C14H19NO2S/c1-11(18-12(2)15-3)13-6-5-7-14(10-13)17-9-8-16-4/h5-7,10H,1,8-9H2,2-4H3. The van der Waals surface area contributed by atoms with E-state index >= 15 is 0 Å². The van der Waals surface area contributed by atoms with Crippen molar-refractivity contribution < 1.29 is 9.47 Å². The minimum absolute atomic E-state index is 0.551. The summed E-state index contributed by atoms with van der Waals surface area (Å²) in [7, 11) is 3.44. The molecule has 0 heterocycles. The van der Waals surface area contributed by atoms with Gasteiger partial charge in [0.15, 0.2) is 0 Å². The Hall–Kier alpha value is -1.26. The molecular formula is C14H19NO2S. The zero-order valence-corrected chi connectivity index (χ0v) is 11.9. The molecule has 0 aliphatic carbocycles. The van der Waals surface area contributed by atoms with Crippen molar-refractivity contribution in [3.05, 3.63) is 36.4 Å². The van der Waals surface area contributed by atoms with Crippen LogP contribution in [0.5, 0.6) is 5.75 Å². The molecule has 1 aromatic rings. The summed E-state index contributed by atoms with van der Waals surface area (Å²) in [6.45, 7) is 7.15. The van der Waals surface area contributed by atoms with Gasteiger partial charge in [-0.05, 0) is 24.6 Å². The van der Waals surface area contributed by atoms with E-state index in [0.717, 1.165) is 21.3 Å². The highest BCUT2D eigenvalue weighted by Gasteiger charge is 2.03. The predicted molar refractivity (Wildman–Crippen MR) is 79.5 cm³/mol. The van der Waals surface area contributed by atoms with E-state index in [9.17, 15) is 0 Å². The van der Waals surface area contributed by atoms with Crippen molar-refractivity contribution in [2.75, 3.05) is 27.4 Å². The van der Waals surface area contributed by atoms with E-state index in [-0.39, 0.29) is 0 Å². The third-order valence-electron chi connectivity index (χ3n) is 2.30. The largest absolute Gasteiger partial charge is 0.491 e. The Balaban J connectivity index is 2.66. The van der Waals surface area contributed by atoms with Gasteiger partial charge in [0, 0.05) is 19.1 Å². The fourth-order valence-corrected chi connectivity index (χ4v) is 1.98. The quantitative estimate of drug-likeness (QED) is 0.448. The average molecular weight is 265 g/mol. The van der Waals surface area contributed by atoms with Gasteiger partial charge in [0.2, 0.25) is 0 Å². The van der Waals surface area contributed by atoms with Gasteiger partial charge in [0.05, 0.1) is 11.7 Å². The van der Waals surface area contributed by atoms with Crippen molar-refractivity contribution in [3.63, 3.8) is 0 Å². The van der Waals surface area contributed by atoms with Crippen LogP contribution in [0.4, 0.5) is 0 Å². The maximum absolute atomic E-state index is 5.56. The highest BCUT2D eigenvalue weighted by atomic mass is 32.2. The Bertz CT molecular complexity index is 430. The lowest BCUT2D eigenvalue weighted by molar-refractivity contribution is 0.146. The van der Waals surface area contributed by atoms with Crippen LogP contribution in [0, 0.1) is 0 Å². The SMILES string of the molecule is C=C(SC(C)=NC)c1cccc(OCCOC)c1. The molecule has 0 fully saturated rings. The maximum atomic E-state index is 5.56. The summed E-state index contributed by atoms with van der Waals surface area (Å²) in [4.78, 5) is 5.08. The number of hydrogen-bond acceptors (Lipinski definition) is 4. The molecule has 1 rings (SSSR count). The first-order chi connectivity index (χ1) is 8.67. The van der Waals surface area contributed by atoms with Crippen LogP contribution in [0.2, 0.25) is 0 Å². The van der Waals surface area contributed by atoms with Crippen molar-refractivity contribution >= 4 is 21.7 Å². The lowest BCUT2D eigenvalue weighted by atomic mass is 10.2. The van der Waals surface area contributed by atoms with Crippen molar-refractivity contribution in [2.45, 2.75) is 6.92 Å². The van der Waals surface area contributed by atoms with Gasteiger partial charge in [-0.1, -0.05) is 30.5 Å². The number of rotatable bonds is 6. The third kappa shape index (κ3) is 4.94. The van der Waals surface area contributed by atoms with Crippen LogP contribution < -0.4 is 4.74 Å². The summed E-state index contributed by atoms with van der Waals surface area (Å²) in [5.74, 6) is 0.831. The van der Waals surface area contributed by atoms with Gasteiger partial charge in [0.25, 0.3) is 0 Å². The number of hydrogen-bond donors (Lipinski definition) is 0. The minimum atomic E-state index is 0.551. The van der Waals surface area contributed by atoms with E-state index in [4.69, 9.17) is 9.47 Å². The molecule has 0 aromatic heterocycles. The number of methoxy groups -OCH3 is 1. The van der Waals surface area contributed by atoms with Crippen molar-refractivity contribution in [1.29, 1.82) is 0 Å². The lowest BCUT2D eigenvalue weighted by Crippen LogP contribution is -2.04. The maximum Gasteiger partial charge on any atom is 0.120 e. The Morgan fingerprint density at radius 3 is 2.83 bits per heavy atom. The first-order valence-corrected chi connectivity index (χ1v) is 6.51. The lowest BCUT2D eigenvalue weighted by Gasteiger charge is -2.09. The molecule has 0 aliphatic rings. The summed E-state index contributed by atoms with van der Waals surface area (Å²) in [5, 5.41) is 0.991. The number of thioether (sulfide) groups is 1. The first-order valence-electron chi connectivity index (χ1n) is 5.69. The van der Waals surface area contributed by atoms with Crippen LogP contribution in [-0.2, 0) is 4.74 Å². The predicted octanol–water partition coefficient (Wildman–Crippen LogP) is 3.46. The summed E-state index contributed by atoms with van der Waals surface area (Å²) in [6.07, 6.45) is 0. The highest BCUT2D eigenvalue weighted by molar-refractivity contribution is 8.21. The number of nitrogens with zero attached hydrogens (tertiary/aromatic N) is 1. The molecule has 0 amide bonds. The van der Waals surface area contributed by atoms with Gasteiger partial charge < -0.3 is 9.47 Å². The van der Waals surface area contributed by atoms with Gasteiger partial charge in [-0.3, -0.25) is 4.99 Å². The molecule has 4 heteroatoms. The van der Waals surface area contributed by atoms with Gasteiger partial charge in [0.1, 0.15) is 12.4 Å². The molecule has 0 spiro atoms.